The zero-order valence-electron chi connectivity index (χ0n) is 8.54. The number of amides is 1. The number of rotatable bonds is 4. The number of anilines is 1. The second kappa shape index (κ2) is 5.88. The summed E-state index contributed by atoms with van der Waals surface area (Å²) >= 11 is 0. The topological polar surface area (TPSA) is 38.3 Å². The number of benzene rings is 1. The maximum atomic E-state index is 10.8. The largest absolute Gasteiger partial charge is 0.493 e. The molecule has 0 aromatic heterocycles. The summed E-state index contributed by atoms with van der Waals surface area (Å²) in [4.78, 5) is 11.6. The Bertz CT molecular complexity index is 357. The van der Waals surface area contributed by atoms with E-state index < -0.39 is 0 Å². The van der Waals surface area contributed by atoms with E-state index in [-0.39, 0.29) is 5.91 Å². The van der Waals surface area contributed by atoms with Crippen molar-refractivity contribution in [3.8, 4) is 5.75 Å². The molecule has 1 aromatic rings. The van der Waals surface area contributed by atoms with Crippen molar-refractivity contribution in [3.63, 3.8) is 0 Å². The Balaban J connectivity index is 2.91. The molecule has 0 aliphatic carbocycles. The highest BCUT2D eigenvalue weighted by Gasteiger charge is 2.05. The predicted octanol–water partition coefficient (Wildman–Crippen LogP) is 3.29. The number of hydrogen-bond donors (Lipinski definition) is 1. The third kappa shape index (κ3) is 3.64. The highest BCUT2D eigenvalue weighted by molar-refractivity contribution is 8.21. The van der Waals surface area contributed by atoms with Crippen LogP contribution in [0.15, 0.2) is 23.1 Å². The highest BCUT2D eigenvalue weighted by Crippen LogP contribution is 2.34. The molecule has 0 fully saturated rings. The predicted molar refractivity (Wildman–Crippen MR) is 63.6 cm³/mol. The summed E-state index contributed by atoms with van der Waals surface area (Å²) in [6.07, 6.45) is 0. The van der Waals surface area contributed by atoms with Gasteiger partial charge in [-0.25, -0.2) is 0 Å². The van der Waals surface area contributed by atoms with Gasteiger partial charge in [-0.2, -0.15) is 0 Å². The molecular weight excluding hydrogens is 234 g/mol. The van der Waals surface area contributed by atoms with Crippen molar-refractivity contribution >= 4 is 33.3 Å². The molecule has 0 unspecified atom stereocenters. The van der Waals surface area contributed by atoms with E-state index in [1.54, 1.807) is 18.2 Å². The molecule has 0 atom stereocenters. The Morgan fingerprint density at radius 2 is 2.33 bits per heavy atom. The molecular formula is C10H12ClNO2S. The zero-order chi connectivity index (χ0) is 11.3. The van der Waals surface area contributed by atoms with E-state index in [2.05, 4.69) is 5.32 Å². The fourth-order valence-corrected chi connectivity index (χ4v) is 1.86. The van der Waals surface area contributed by atoms with E-state index in [4.69, 9.17) is 15.4 Å². The van der Waals surface area contributed by atoms with Crippen LogP contribution in [-0.2, 0) is 4.79 Å². The monoisotopic (exact) mass is 245 g/mol. The van der Waals surface area contributed by atoms with Crippen molar-refractivity contribution in [1.29, 1.82) is 0 Å². The lowest BCUT2D eigenvalue weighted by Gasteiger charge is -2.09. The summed E-state index contributed by atoms with van der Waals surface area (Å²) in [7, 11) is 6.77. The molecule has 82 valence electrons. The van der Waals surface area contributed by atoms with Crippen LogP contribution >= 0.6 is 21.7 Å². The second-order valence-corrected chi connectivity index (χ2v) is 3.91. The van der Waals surface area contributed by atoms with Gasteiger partial charge in [0.25, 0.3) is 0 Å². The molecule has 0 aliphatic heterocycles. The Morgan fingerprint density at radius 3 is 2.87 bits per heavy atom. The molecule has 0 aliphatic rings. The van der Waals surface area contributed by atoms with E-state index >= 15 is 0 Å². The van der Waals surface area contributed by atoms with Crippen LogP contribution in [-0.4, -0.2) is 12.5 Å². The van der Waals surface area contributed by atoms with E-state index in [0.717, 1.165) is 21.6 Å². The van der Waals surface area contributed by atoms with Crippen molar-refractivity contribution < 1.29 is 9.53 Å². The molecule has 1 rings (SSSR count). The Hall–Kier alpha value is -0.870. The van der Waals surface area contributed by atoms with Crippen LogP contribution in [0.1, 0.15) is 13.8 Å². The Morgan fingerprint density at radius 1 is 1.60 bits per heavy atom. The average molecular weight is 246 g/mol. The third-order valence-corrected chi connectivity index (χ3v) is 2.63. The van der Waals surface area contributed by atoms with Gasteiger partial charge in [-0.1, -0.05) is 0 Å². The smallest absolute Gasteiger partial charge is 0.221 e. The van der Waals surface area contributed by atoms with Crippen LogP contribution in [0, 0.1) is 0 Å². The summed E-state index contributed by atoms with van der Waals surface area (Å²) in [5.41, 5.74) is 0.717. The number of carbonyl (C=O) groups is 1. The maximum absolute atomic E-state index is 10.8. The number of halogens is 1. The molecule has 0 radical (unpaired) electrons. The van der Waals surface area contributed by atoms with Gasteiger partial charge in [-0.3, -0.25) is 4.79 Å². The first kappa shape index (κ1) is 12.2. The lowest BCUT2D eigenvalue weighted by molar-refractivity contribution is -0.114. The zero-order valence-corrected chi connectivity index (χ0v) is 10.1. The van der Waals surface area contributed by atoms with Gasteiger partial charge in [-0.15, -0.1) is 0 Å². The van der Waals surface area contributed by atoms with Crippen molar-refractivity contribution in [3.05, 3.63) is 18.2 Å². The van der Waals surface area contributed by atoms with Crippen LogP contribution in [0.2, 0.25) is 0 Å². The number of nitrogens with one attached hydrogen (secondary N) is 1. The molecule has 3 nitrogen and oxygen atoms in total. The van der Waals surface area contributed by atoms with Gasteiger partial charge >= 0.3 is 0 Å². The molecule has 0 bridgehead atoms. The van der Waals surface area contributed by atoms with Crippen molar-refractivity contribution in [2.45, 2.75) is 18.7 Å². The van der Waals surface area contributed by atoms with Gasteiger partial charge < -0.3 is 10.1 Å². The van der Waals surface area contributed by atoms with Gasteiger partial charge in [0.1, 0.15) is 5.75 Å². The Kier molecular flexibility index (Phi) is 4.78. The minimum Gasteiger partial charge on any atom is -0.493 e. The maximum Gasteiger partial charge on any atom is 0.221 e. The molecule has 0 saturated carbocycles. The van der Waals surface area contributed by atoms with E-state index in [9.17, 15) is 4.79 Å². The van der Waals surface area contributed by atoms with E-state index in [1.807, 2.05) is 6.92 Å². The van der Waals surface area contributed by atoms with E-state index in [0.29, 0.717) is 12.3 Å². The molecule has 1 N–H and O–H groups in total. The van der Waals surface area contributed by atoms with Gasteiger partial charge in [0.15, 0.2) is 0 Å². The van der Waals surface area contributed by atoms with Crippen molar-refractivity contribution in [2.75, 3.05) is 11.9 Å². The second-order valence-electron chi connectivity index (χ2n) is 2.85. The minimum absolute atomic E-state index is 0.107. The van der Waals surface area contributed by atoms with Gasteiger partial charge in [-0.05, 0) is 46.8 Å². The normalized spacial score (nSPS) is 9.80. The number of ether oxygens (including phenoxy) is 1. The van der Waals surface area contributed by atoms with Gasteiger partial charge in [0.2, 0.25) is 5.91 Å². The van der Waals surface area contributed by atoms with E-state index in [1.165, 1.54) is 6.92 Å². The lowest BCUT2D eigenvalue weighted by Crippen LogP contribution is -2.05. The van der Waals surface area contributed by atoms with Crippen LogP contribution in [0.5, 0.6) is 5.75 Å². The summed E-state index contributed by atoms with van der Waals surface area (Å²) in [6.45, 7) is 3.96. The molecule has 5 heteroatoms. The molecule has 0 spiro atoms. The average Bonchev–Trinajstić information content (AvgIpc) is 2.20. The molecule has 15 heavy (non-hydrogen) atoms. The molecule has 0 saturated heterocycles. The van der Waals surface area contributed by atoms with Crippen LogP contribution in [0.4, 0.5) is 5.69 Å². The van der Waals surface area contributed by atoms with Crippen molar-refractivity contribution in [2.24, 2.45) is 0 Å². The van der Waals surface area contributed by atoms with Crippen LogP contribution in [0.3, 0.4) is 0 Å². The summed E-state index contributed by atoms with van der Waals surface area (Å²) in [5, 5.41) is 2.68. The fourth-order valence-electron chi connectivity index (χ4n) is 1.12. The SMILES string of the molecule is CCOc1ccc(NC(C)=O)cc1SCl. The minimum atomic E-state index is -0.107. The highest BCUT2D eigenvalue weighted by atomic mass is 35.7. The summed E-state index contributed by atoms with van der Waals surface area (Å²) < 4.78 is 5.37. The molecule has 0 heterocycles. The van der Waals surface area contributed by atoms with Crippen LogP contribution in [0.25, 0.3) is 0 Å². The molecule has 1 amide bonds. The van der Waals surface area contributed by atoms with Gasteiger partial charge in [0.05, 0.1) is 11.5 Å². The first-order chi connectivity index (χ1) is 7.17. The number of hydrogen-bond acceptors (Lipinski definition) is 3. The Labute approximate surface area is 97.6 Å². The standard InChI is InChI=1S/C10H12ClNO2S/c1-3-14-9-5-4-8(12-7(2)13)6-10(9)15-11/h4-6H,3H2,1-2H3,(H,12,13). The lowest BCUT2D eigenvalue weighted by atomic mass is 10.3. The van der Waals surface area contributed by atoms with Crippen LogP contribution < -0.4 is 10.1 Å². The third-order valence-electron chi connectivity index (χ3n) is 1.65. The number of carbonyl (C=O) groups excluding carboxylic acids is 1. The summed E-state index contributed by atoms with van der Waals surface area (Å²) in [5.74, 6) is 0.622. The first-order valence-electron chi connectivity index (χ1n) is 4.50. The first-order valence-corrected chi connectivity index (χ1v) is 6.14. The van der Waals surface area contributed by atoms with Gasteiger partial charge in [0, 0.05) is 12.6 Å². The fraction of sp³-hybridized carbons (Fsp3) is 0.300. The molecule has 1 aromatic carbocycles. The summed E-state index contributed by atoms with van der Waals surface area (Å²) in [6, 6.07) is 5.35. The quantitative estimate of drug-likeness (QED) is 0.885. The van der Waals surface area contributed by atoms with Crippen molar-refractivity contribution in [1.82, 2.24) is 0 Å².